The molecular weight excluding hydrogens is 268 g/mol. The van der Waals surface area contributed by atoms with Gasteiger partial charge in [-0.2, -0.15) is 5.10 Å². The van der Waals surface area contributed by atoms with Gasteiger partial charge in [0, 0.05) is 31.0 Å². The minimum Gasteiger partial charge on any atom is -0.349 e. The highest BCUT2D eigenvalue weighted by atomic mass is 16.2. The second-order valence-electron chi connectivity index (χ2n) is 4.69. The highest BCUT2D eigenvalue weighted by molar-refractivity contribution is 5.80. The molecule has 0 aliphatic rings. The van der Waals surface area contributed by atoms with Gasteiger partial charge < -0.3 is 5.32 Å². The van der Waals surface area contributed by atoms with Gasteiger partial charge in [0.2, 0.25) is 11.7 Å². The molecule has 1 N–H and O–H groups in total. The molecule has 0 unspecified atom stereocenters. The van der Waals surface area contributed by atoms with Crippen LogP contribution in [0.2, 0.25) is 0 Å². The molecule has 0 saturated carbocycles. The number of amides is 1. The molecule has 0 spiro atoms. The van der Waals surface area contributed by atoms with E-state index in [1.54, 1.807) is 23.3 Å². The Kier molecular flexibility index (Phi) is 3.63. The molecule has 3 aromatic rings. The van der Waals surface area contributed by atoms with Crippen molar-refractivity contribution in [2.24, 2.45) is 0 Å². The maximum absolute atomic E-state index is 12.2. The van der Waals surface area contributed by atoms with Crippen LogP contribution in [0, 0.1) is 0 Å². The monoisotopic (exact) mass is 284 g/mol. The fourth-order valence-corrected chi connectivity index (χ4v) is 2.22. The van der Waals surface area contributed by atoms with Crippen molar-refractivity contribution < 1.29 is 4.79 Å². The third kappa shape index (κ3) is 2.76. The lowest BCUT2D eigenvalue weighted by molar-refractivity contribution is -0.124. The first-order valence-electron chi connectivity index (χ1n) is 6.83. The van der Waals surface area contributed by atoms with Crippen LogP contribution in [0.15, 0.2) is 43.1 Å². The van der Waals surface area contributed by atoms with E-state index in [1.807, 2.05) is 35.9 Å². The number of aromatic nitrogens is 5. The topological polar surface area (TPSA) is 77.1 Å². The minimum absolute atomic E-state index is 0.0637. The molecule has 108 valence electrons. The van der Waals surface area contributed by atoms with E-state index < -0.39 is 0 Å². The van der Waals surface area contributed by atoms with Crippen LogP contribution in [-0.4, -0.2) is 30.1 Å². The summed E-state index contributed by atoms with van der Waals surface area (Å²) in [6.45, 7) is 2.33. The third-order valence-corrected chi connectivity index (χ3v) is 3.26. The van der Waals surface area contributed by atoms with Crippen LogP contribution in [0.5, 0.6) is 0 Å². The van der Waals surface area contributed by atoms with Gasteiger partial charge in [0.25, 0.3) is 0 Å². The van der Waals surface area contributed by atoms with Crippen LogP contribution in [0.1, 0.15) is 25.1 Å². The number of carbonyl (C=O) groups excluding carboxylic acids is 1. The molecule has 3 rings (SSSR count). The summed E-state index contributed by atoms with van der Waals surface area (Å²) in [6.07, 6.45) is 9.57. The molecule has 0 aliphatic carbocycles. The SMILES string of the molecule is CC[C@@H](C(=O)NCc1cn2cccnc2n1)n1cccn1. The molecule has 0 radical (unpaired) electrons. The molecule has 7 nitrogen and oxygen atoms in total. The zero-order valence-corrected chi connectivity index (χ0v) is 11.7. The van der Waals surface area contributed by atoms with E-state index in [0.717, 1.165) is 5.69 Å². The largest absolute Gasteiger partial charge is 0.349 e. The van der Waals surface area contributed by atoms with Crippen LogP contribution in [0.25, 0.3) is 5.78 Å². The van der Waals surface area contributed by atoms with E-state index in [-0.39, 0.29) is 11.9 Å². The standard InChI is InChI=1S/C14H16N6O/c1-2-12(20-8-4-6-17-20)13(21)16-9-11-10-19-7-3-5-15-14(19)18-11/h3-8,10,12H,2,9H2,1H3,(H,16,21)/t12-/m0/s1. The molecule has 21 heavy (non-hydrogen) atoms. The summed E-state index contributed by atoms with van der Waals surface area (Å²) in [5, 5.41) is 7.02. The first kappa shape index (κ1) is 13.3. The Hall–Kier alpha value is -2.70. The lowest BCUT2D eigenvalue weighted by Crippen LogP contribution is -2.32. The van der Waals surface area contributed by atoms with E-state index in [2.05, 4.69) is 20.4 Å². The second-order valence-corrected chi connectivity index (χ2v) is 4.69. The molecule has 0 aliphatic heterocycles. The van der Waals surface area contributed by atoms with Crippen LogP contribution < -0.4 is 5.32 Å². The Balaban J connectivity index is 1.67. The van der Waals surface area contributed by atoms with E-state index in [0.29, 0.717) is 18.7 Å². The van der Waals surface area contributed by atoms with Crippen LogP contribution in [-0.2, 0) is 11.3 Å². The van der Waals surface area contributed by atoms with Crippen molar-refractivity contribution in [2.45, 2.75) is 25.9 Å². The number of imidazole rings is 1. The van der Waals surface area contributed by atoms with Crippen molar-refractivity contribution in [3.63, 3.8) is 0 Å². The first-order valence-corrected chi connectivity index (χ1v) is 6.83. The van der Waals surface area contributed by atoms with Gasteiger partial charge in [-0.15, -0.1) is 0 Å². The smallest absolute Gasteiger partial charge is 0.245 e. The predicted molar refractivity (Wildman–Crippen MR) is 76.4 cm³/mol. The number of nitrogens with zero attached hydrogens (tertiary/aromatic N) is 5. The lowest BCUT2D eigenvalue weighted by Gasteiger charge is -2.14. The van der Waals surface area contributed by atoms with Gasteiger partial charge in [0.15, 0.2) is 0 Å². The summed E-state index contributed by atoms with van der Waals surface area (Å²) in [6, 6.07) is 3.35. The number of carbonyl (C=O) groups is 1. The van der Waals surface area contributed by atoms with Crippen LogP contribution in [0.4, 0.5) is 0 Å². The average Bonchev–Trinajstić information content (AvgIpc) is 3.14. The number of hydrogen-bond donors (Lipinski definition) is 1. The molecule has 0 fully saturated rings. The number of nitrogens with one attached hydrogen (secondary N) is 1. The molecule has 0 aromatic carbocycles. The summed E-state index contributed by atoms with van der Waals surface area (Å²) < 4.78 is 3.49. The van der Waals surface area contributed by atoms with E-state index in [1.165, 1.54) is 0 Å². The predicted octanol–water partition coefficient (Wildman–Crippen LogP) is 1.19. The molecule has 0 bridgehead atoms. The Morgan fingerprint density at radius 2 is 2.19 bits per heavy atom. The summed E-state index contributed by atoms with van der Waals surface area (Å²) in [5.74, 6) is 0.562. The lowest BCUT2D eigenvalue weighted by atomic mass is 10.2. The van der Waals surface area contributed by atoms with Gasteiger partial charge in [-0.3, -0.25) is 13.9 Å². The van der Waals surface area contributed by atoms with Crippen LogP contribution >= 0.6 is 0 Å². The van der Waals surface area contributed by atoms with Crippen molar-refractivity contribution >= 4 is 11.7 Å². The summed E-state index contributed by atoms with van der Waals surface area (Å²) in [5.41, 5.74) is 0.775. The Morgan fingerprint density at radius 1 is 1.33 bits per heavy atom. The summed E-state index contributed by atoms with van der Waals surface area (Å²) in [7, 11) is 0. The molecule has 7 heteroatoms. The maximum Gasteiger partial charge on any atom is 0.245 e. The summed E-state index contributed by atoms with van der Waals surface area (Å²) in [4.78, 5) is 20.7. The van der Waals surface area contributed by atoms with Crippen molar-refractivity contribution in [1.82, 2.24) is 29.5 Å². The van der Waals surface area contributed by atoms with Gasteiger partial charge in [-0.05, 0) is 18.6 Å². The molecule has 0 saturated heterocycles. The van der Waals surface area contributed by atoms with Gasteiger partial charge >= 0.3 is 0 Å². The second kappa shape index (κ2) is 5.74. The highest BCUT2D eigenvalue weighted by Crippen LogP contribution is 2.10. The van der Waals surface area contributed by atoms with Crippen molar-refractivity contribution in [2.75, 3.05) is 0 Å². The molecule has 3 aromatic heterocycles. The van der Waals surface area contributed by atoms with Gasteiger partial charge in [-0.25, -0.2) is 9.97 Å². The normalized spacial score (nSPS) is 12.4. The van der Waals surface area contributed by atoms with Gasteiger partial charge in [0.1, 0.15) is 6.04 Å². The van der Waals surface area contributed by atoms with Gasteiger partial charge in [0.05, 0.1) is 12.2 Å². The quantitative estimate of drug-likeness (QED) is 0.763. The fourth-order valence-electron chi connectivity index (χ4n) is 2.22. The van der Waals surface area contributed by atoms with Gasteiger partial charge in [-0.1, -0.05) is 6.92 Å². The summed E-state index contributed by atoms with van der Waals surface area (Å²) >= 11 is 0. The molecule has 1 atom stereocenters. The van der Waals surface area contributed by atoms with E-state index in [4.69, 9.17) is 0 Å². The molecular formula is C14H16N6O. The average molecular weight is 284 g/mol. The van der Waals surface area contributed by atoms with Crippen molar-refractivity contribution in [1.29, 1.82) is 0 Å². The zero-order valence-electron chi connectivity index (χ0n) is 11.7. The van der Waals surface area contributed by atoms with Crippen molar-refractivity contribution in [3.8, 4) is 0 Å². The highest BCUT2D eigenvalue weighted by Gasteiger charge is 2.18. The molecule has 1 amide bonds. The fraction of sp³-hybridized carbons (Fsp3) is 0.286. The number of hydrogen-bond acceptors (Lipinski definition) is 4. The van der Waals surface area contributed by atoms with E-state index >= 15 is 0 Å². The Bertz CT molecular complexity index is 700. The van der Waals surface area contributed by atoms with Crippen molar-refractivity contribution in [3.05, 3.63) is 48.8 Å². The third-order valence-electron chi connectivity index (χ3n) is 3.26. The first-order chi connectivity index (χ1) is 10.3. The minimum atomic E-state index is -0.296. The number of fused-ring (bicyclic) bond motifs is 1. The van der Waals surface area contributed by atoms with E-state index in [9.17, 15) is 4.79 Å². The number of rotatable bonds is 5. The molecule has 3 heterocycles. The Morgan fingerprint density at radius 3 is 2.90 bits per heavy atom. The zero-order chi connectivity index (χ0) is 14.7. The Labute approximate surface area is 121 Å². The maximum atomic E-state index is 12.2. The van der Waals surface area contributed by atoms with Crippen LogP contribution in [0.3, 0.4) is 0 Å².